The van der Waals surface area contributed by atoms with Crippen LogP contribution in [0.25, 0.3) is 0 Å². The molecule has 0 saturated carbocycles. The van der Waals surface area contributed by atoms with Crippen LogP contribution in [-0.2, 0) is 16.0 Å². The second kappa shape index (κ2) is 6.29. The van der Waals surface area contributed by atoms with Crippen LogP contribution in [0.5, 0.6) is 0 Å². The van der Waals surface area contributed by atoms with E-state index in [1.54, 1.807) is 12.1 Å². The van der Waals surface area contributed by atoms with Gasteiger partial charge in [-0.3, -0.25) is 4.79 Å². The second-order valence-electron chi connectivity index (χ2n) is 4.28. The average Bonchev–Trinajstić information content (AvgIpc) is 2.87. The third kappa shape index (κ3) is 3.53. The van der Waals surface area contributed by atoms with Gasteiger partial charge in [0.2, 0.25) is 5.91 Å². The van der Waals surface area contributed by atoms with Crippen molar-refractivity contribution in [1.82, 2.24) is 5.32 Å². The summed E-state index contributed by atoms with van der Waals surface area (Å²) < 4.78 is 19.5. The van der Waals surface area contributed by atoms with Gasteiger partial charge in [-0.1, -0.05) is 15.9 Å². The number of rotatable bonds is 4. The monoisotopic (exact) mass is 315 g/mol. The van der Waals surface area contributed by atoms with Gasteiger partial charge in [0.15, 0.2) is 0 Å². The van der Waals surface area contributed by atoms with Crippen molar-refractivity contribution < 1.29 is 13.9 Å². The third-order valence-electron chi connectivity index (χ3n) is 2.92. The molecule has 0 aliphatic carbocycles. The molecule has 2 rings (SSSR count). The molecular weight excluding hydrogens is 301 g/mol. The summed E-state index contributed by atoms with van der Waals surface area (Å²) >= 11 is 3.30. The lowest BCUT2D eigenvalue weighted by Crippen LogP contribution is -2.35. The molecule has 1 aromatic carbocycles. The first kappa shape index (κ1) is 13.5. The Hall–Kier alpha value is -0.940. The average molecular weight is 316 g/mol. The van der Waals surface area contributed by atoms with Gasteiger partial charge in [-0.25, -0.2) is 4.39 Å². The third-order valence-corrected chi connectivity index (χ3v) is 3.42. The predicted octanol–water partition coefficient (Wildman–Crippen LogP) is 2.43. The van der Waals surface area contributed by atoms with E-state index in [-0.39, 0.29) is 17.8 Å². The number of hydrogen-bond donors (Lipinski definition) is 1. The summed E-state index contributed by atoms with van der Waals surface area (Å²) in [6.07, 6.45) is 1.86. The molecule has 0 spiro atoms. The van der Waals surface area contributed by atoms with Crippen LogP contribution < -0.4 is 5.32 Å². The molecule has 5 heteroatoms. The predicted molar refractivity (Wildman–Crippen MR) is 69.8 cm³/mol. The number of ether oxygens (including phenoxy) is 1. The zero-order chi connectivity index (χ0) is 13.0. The van der Waals surface area contributed by atoms with Crippen molar-refractivity contribution >= 4 is 21.8 Å². The van der Waals surface area contributed by atoms with Crippen molar-refractivity contribution in [3.8, 4) is 0 Å². The fourth-order valence-electron chi connectivity index (χ4n) is 1.95. The molecule has 0 bridgehead atoms. The number of carbonyl (C=O) groups excluding carboxylic acids is 1. The number of benzene rings is 1. The maximum atomic E-state index is 13.4. The van der Waals surface area contributed by atoms with Gasteiger partial charge >= 0.3 is 0 Å². The van der Waals surface area contributed by atoms with Crippen LogP contribution in [0, 0.1) is 5.82 Å². The molecule has 1 aliphatic rings. The summed E-state index contributed by atoms with van der Waals surface area (Å²) in [6.45, 7) is 1.07. The number of amides is 1. The highest BCUT2D eigenvalue weighted by Gasteiger charge is 2.22. The highest BCUT2D eigenvalue weighted by atomic mass is 79.9. The molecule has 1 unspecified atom stereocenters. The summed E-state index contributed by atoms with van der Waals surface area (Å²) in [7, 11) is 0. The van der Waals surface area contributed by atoms with Gasteiger partial charge in [0.25, 0.3) is 0 Å². The number of hydrogen-bond acceptors (Lipinski definition) is 2. The van der Waals surface area contributed by atoms with E-state index < -0.39 is 0 Å². The Labute approximate surface area is 114 Å². The quantitative estimate of drug-likeness (QED) is 0.926. The molecule has 1 fully saturated rings. The Morgan fingerprint density at radius 1 is 1.56 bits per heavy atom. The summed E-state index contributed by atoms with van der Waals surface area (Å²) in [5, 5.41) is 2.77. The van der Waals surface area contributed by atoms with Gasteiger partial charge in [0, 0.05) is 17.6 Å². The molecule has 18 heavy (non-hydrogen) atoms. The lowest BCUT2D eigenvalue weighted by molar-refractivity contribution is -0.129. The Morgan fingerprint density at radius 2 is 2.39 bits per heavy atom. The first-order chi connectivity index (χ1) is 8.66. The van der Waals surface area contributed by atoms with Gasteiger partial charge in [-0.05, 0) is 43.0 Å². The molecular formula is C13H15BrFNO2. The summed E-state index contributed by atoms with van der Waals surface area (Å²) in [6, 6.07) is 4.80. The lowest BCUT2D eigenvalue weighted by Gasteiger charge is -2.10. The minimum atomic E-state index is -0.322. The largest absolute Gasteiger partial charge is 0.368 e. The number of nitrogens with one attached hydrogen (secondary N) is 1. The van der Waals surface area contributed by atoms with Crippen LogP contribution in [0.3, 0.4) is 0 Å². The van der Waals surface area contributed by atoms with Crippen LogP contribution in [0.1, 0.15) is 18.4 Å². The summed E-state index contributed by atoms with van der Waals surface area (Å²) in [5.74, 6) is -0.340. The molecule has 0 aromatic heterocycles. The van der Waals surface area contributed by atoms with Crippen molar-refractivity contribution in [2.24, 2.45) is 0 Å². The normalized spacial score (nSPS) is 18.9. The molecule has 98 valence electrons. The zero-order valence-corrected chi connectivity index (χ0v) is 11.5. The van der Waals surface area contributed by atoms with Crippen molar-refractivity contribution in [3.63, 3.8) is 0 Å². The van der Waals surface area contributed by atoms with E-state index in [2.05, 4.69) is 21.2 Å². The van der Waals surface area contributed by atoms with E-state index in [9.17, 15) is 9.18 Å². The lowest BCUT2D eigenvalue weighted by atomic mass is 10.1. The highest BCUT2D eigenvalue weighted by molar-refractivity contribution is 9.10. The first-order valence-corrected chi connectivity index (χ1v) is 6.79. The molecule has 1 N–H and O–H groups in total. The minimum Gasteiger partial charge on any atom is -0.368 e. The Kier molecular flexibility index (Phi) is 4.72. The molecule has 1 heterocycles. The second-order valence-corrected chi connectivity index (χ2v) is 5.19. The highest BCUT2D eigenvalue weighted by Crippen LogP contribution is 2.16. The van der Waals surface area contributed by atoms with Crippen molar-refractivity contribution in [1.29, 1.82) is 0 Å². The van der Waals surface area contributed by atoms with Crippen molar-refractivity contribution in [3.05, 3.63) is 34.1 Å². The topological polar surface area (TPSA) is 38.3 Å². The molecule has 1 atom stereocenters. The Morgan fingerprint density at radius 3 is 3.11 bits per heavy atom. The van der Waals surface area contributed by atoms with E-state index in [1.165, 1.54) is 6.07 Å². The van der Waals surface area contributed by atoms with E-state index in [4.69, 9.17) is 4.74 Å². The zero-order valence-electron chi connectivity index (χ0n) is 9.92. The maximum absolute atomic E-state index is 13.4. The summed E-state index contributed by atoms with van der Waals surface area (Å²) in [5.41, 5.74) is 0.594. The summed E-state index contributed by atoms with van der Waals surface area (Å²) in [4.78, 5) is 11.6. The van der Waals surface area contributed by atoms with Crippen LogP contribution in [0.4, 0.5) is 4.39 Å². The molecule has 1 aromatic rings. The van der Waals surface area contributed by atoms with E-state index in [1.807, 2.05) is 0 Å². The molecule has 1 saturated heterocycles. The van der Waals surface area contributed by atoms with Gasteiger partial charge in [0.05, 0.1) is 0 Å². The van der Waals surface area contributed by atoms with Gasteiger partial charge < -0.3 is 10.1 Å². The maximum Gasteiger partial charge on any atom is 0.249 e. The van der Waals surface area contributed by atoms with Crippen molar-refractivity contribution in [2.45, 2.75) is 25.4 Å². The smallest absolute Gasteiger partial charge is 0.249 e. The van der Waals surface area contributed by atoms with E-state index in [0.717, 1.165) is 17.3 Å². The SMILES string of the molecule is O=C(NCCc1cc(Br)ccc1F)C1CCCO1. The number of halogens is 2. The Bertz CT molecular complexity index is 433. The molecule has 0 radical (unpaired) electrons. The van der Waals surface area contributed by atoms with Crippen LogP contribution in [0.2, 0.25) is 0 Å². The molecule has 1 amide bonds. The van der Waals surface area contributed by atoms with Crippen LogP contribution in [0.15, 0.2) is 22.7 Å². The van der Waals surface area contributed by atoms with E-state index >= 15 is 0 Å². The van der Waals surface area contributed by atoms with Crippen molar-refractivity contribution in [2.75, 3.05) is 13.2 Å². The van der Waals surface area contributed by atoms with Gasteiger partial charge in [-0.15, -0.1) is 0 Å². The van der Waals surface area contributed by atoms with E-state index in [0.29, 0.717) is 25.1 Å². The van der Waals surface area contributed by atoms with Gasteiger partial charge in [-0.2, -0.15) is 0 Å². The standard InChI is InChI=1S/C13H15BrFNO2/c14-10-3-4-11(15)9(8-10)5-6-16-13(17)12-2-1-7-18-12/h3-4,8,12H,1-2,5-7H2,(H,16,17). The fraction of sp³-hybridized carbons (Fsp3) is 0.462. The van der Waals surface area contributed by atoms with Crippen LogP contribution in [-0.4, -0.2) is 25.2 Å². The fourth-order valence-corrected chi connectivity index (χ4v) is 2.36. The van der Waals surface area contributed by atoms with Crippen LogP contribution >= 0.6 is 15.9 Å². The minimum absolute atomic E-state index is 0.0945. The first-order valence-electron chi connectivity index (χ1n) is 6.00. The number of carbonyl (C=O) groups is 1. The van der Waals surface area contributed by atoms with Gasteiger partial charge in [0.1, 0.15) is 11.9 Å². The molecule has 1 aliphatic heterocycles. The molecule has 3 nitrogen and oxygen atoms in total. The Balaban J connectivity index is 1.81.